The van der Waals surface area contributed by atoms with Crippen molar-refractivity contribution in [3.63, 3.8) is 0 Å². The first-order valence-electron chi connectivity index (χ1n) is 6.91. The SMILES string of the molecule is Cc1cc(C)cc(CCNC(=O)Cn2cc(C(=O)O)nn2)c1. The third-order valence-corrected chi connectivity index (χ3v) is 3.08. The molecule has 0 saturated carbocycles. The van der Waals surface area contributed by atoms with Gasteiger partial charge in [-0.2, -0.15) is 0 Å². The Kier molecular flexibility index (Phi) is 4.88. The van der Waals surface area contributed by atoms with E-state index in [9.17, 15) is 9.59 Å². The average Bonchev–Trinajstić information content (AvgIpc) is 2.86. The maximum absolute atomic E-state index is 11.8. The van der Waals surface area contributed by atoms with Gasteiger partial charge < -0.3 is 10.4 Å². The van der Waals surface area contributed by atoms with Gasteiger partial charge in [0.2, 0.25) is 5.91 Å². The van der Waals surface area contributed by atoms with Gasteiger partial charge in [0, 0.05) is 6.54 Å². The lowest BCUT2D eigenvalue weighted by molar-refractivity contribution is -0.121. The zero-order valence-electron chi connectivity index (χ0n) is 12.5. The second kappa shape index (κ2) is 6.84. The number of hydrogen-bond donors (Lipinski definition) is 2. The molecule has 1 heterocycles. The second-order valence-electron chi connectivity index (χ2n) is 5.20. The highest BCUT2D eigenvalue weighted by Gasteiger charge is 2.10. The Morgan fingerprint density at radius 3 is 2.50 bits per heavy atom. The number of amides is 1. The number of hydrogen-bond acceptors (Lipinski definition) is 4. The number of carboxylic acids is 1. The largest absolute Gasteiger partial charge is 0.476 e. The molecule has 2 N–H and O–H groups in total. The van der Waals surface area contributed by atoms with Crippen LogP contribution in [0.1, 0.15) is 27.2 Å². The van der Waals surface area contributed by atoms with Gasteiger partial charge in [-0.05, 0) is 25.8 Å². The highest BCUT2D eigenvalue weighted by molar-refractivity contribution is 5.84. The van der Waals surface area contributed by atoms with E-state index in [1.165, 1.54) is 27.6 Å². The molecule has 1 aromatic carbocycles. The van der Waals surface area contributed by atoms with Crippen molar-refractivity contribution in [1.29, 1.82) is 0 Å². The molecular formula is C15H18N4O3. The molecule has 116 valence electrons. The summed E-state index contributed by atoms with van der Waals surface area (Å²) in [5, 5.41) is 18.6. The van der Waals surface area contributed by atoms with Crippen LogP contribution < -0.4 is 5.32 Å². The van der Waals surface area contributed by atoms with E-state index in [0.717, 1.165) is 6.42 Å². The van der Waals surface area contributed by atoms with Crippen molar-refractivity contribution in [1.82, 2.24) is 20.3 Å². The Bertz CT molecular complexity index is 674. The molecule has 0 atom stereocenters. The first-order valence-corrected chi connectivity index (χ1v) is 6.91. The Labute approximate surface area is 128 Å². The van der Waals surface area contributed by atoms with Crippen LogP contribution in [0.15, 0.2) is 24.4 Å². The van der Waals surface area contributed by atoms with E-state index in [4.69, 9.17) is 5.11 Å². The van der Waals surface area contributed by atoms with Gasteiger partial charge in [-0.25, -0.2) is 9.48 Å². The fourth-order valence-electron chi connectivity index (χ4n) is 2.24. The molecule has 0 aliphatic heterocycles. The maximum atomic E-state index is 11.8. The van der Waals surface area contributed by atoms with Gasteiger partial charge in [0.1, 0.15) is 6.54 Å². The number of rotatable bonds is 6. The normalized spacial score (nSPS) is 10.5. The van der Waals surface area contributed by atoms with Crippen LogP contribution in [0.3, 0.4) is 0 Å². The number of aryl methyl sites for hydroxylation is 2. The summed E-state index contributed by atoms with van der Waals surface area (Å²) in [7, 11) is 0. The van der Waals surface area contributed by atoms with Gasteiger partial charge in [-0.1, -0.05) is 34.5 Å². The molecule has 0 radical (unpaired) electrons. The first-order chi connectivity index (χ1) is 10.4. The lowest BCUT2D eigenvalue weighted by atomic mass is 10.1. The van der Waals surface area contributed by atoms with Crippen molar-refractivity contribution in [2.24, 2.45) is 0 Å². The van der Waals surface area contributed by atoms with Crippen LogP contribution in [-0.2, 0) is 17.8 Å². The molecule has 1 aromatic heterocycles. The van der Waals surface area contributed by atoms with Gasteiger partial charge in [-0.3, -0.25) is 4.79 Å². The minimum Gasteiger partial charge on any atom is -0.476 e. The van der Waals surface area contributed by atoms with Crippen LogP contribution in [0, 0.1) is 13.8 Å². The molecule has 2 rings (SSSR count). The summed E-state index contributed by atoms with van der Waals surface area (Å²) < 4.78 is 1.20. The molecule has 1 amide bonds. The van der Waals surface area contributed by atoms with Gasteiger partial charge >= 0.3 is 5.97 Å². The van der Waals surface area contributed by atoms with Gasteiger partial charge in [0.25, 0.3) is 0 Å². The molecule has 0 aliphatic carbocycles. The summed E-state index contributed by atoms with van der Waals surface area (Å²) in [5.41, 5.74) is 3.39. The molecule has 7 heteroatoms. The molecule has 0 saturated heterocycles. The van der Waals surface area contributed by atoms with Crippen molar-refractivity contribution < 1.29 is 14.7 Å². The zero-order chi connectivity index (χ0) is 16.1. The monoisotopic (exact) mass is 302 g/mol. The number of carboxylic acid groups (broad SMARTS) is 1. The number of aromatic nitrogens is 3. The molecular weight excluding hydrogens is 284 g/mol. The molecule has 22 heavy (non-hydrogen) atoms. The lowest BCUT2D eigenvalue weighted by Gasteiger charge is -2.07. The Hall–Kier alpha value is -2.70. The Balaban J connectivity index is 1.81. The van der Waals surface area contributed by atoms with Crippen molar-refractivity contribution in [3.05, 3.63) is 46.8 Å². The molecule has 0 unspecified atom stereocenters. The standard InChI is InChI=1S/C15H18N4O3/c1-10-5-11(2)7-12(6-10)3-4-16-14(20)9-19-8-13(15(21)22)17-18-19/h5-8H,3-4,9H2,1-2H3,(H,16,20)(H,21,22). The molecule has 2 aromatic rings. The fraction of sp³-hybridized carbons (Fsp3) is 0.333. The number of nitrogens with one attached hydrogen (secondary N) is 1. The molecule has 0 spiro atoms. The molecule has 7 nitrogen and oxygen atoms in total. The maximum Gasteiger partial charge on any atom is 0.358 e. The van der Waals surface area contributed by atoms with Gasteiger partial charge in [-0.15, -0.1) is 5.10 Å². The van der Waals surface area contributed by atoms with Crippen LogP contribution in [0.4, 0.5) is 0 Å². The average molecular weight is 302 g/mol. The first kappa shape index (κ1) is 15.7. The summed E-state index contributed by atoms with van der Waals surface area (Å²) in [6, 6.07) is 6.29. The summed E-state index contributed by atoms with van der Waals surface area (Å²) in [6.07, 6.45) is 1.97. The van der Waals surface area contributed by atoms with Crippen LogP contribution in [0.5, 0.6) is 0 Å². The highest BCUT2D eigenvalue weighted by Crippen LogP contribution is 2.08. The van der Waals surface area contributed by atoms with Gasteiger partial charge in [0.15, 0.2) is 5.69 Å². The van der Waals surface area contributed by atoms with E-state index in [2.05, 4.69) is 33.8 Å². The van der Waals surface area contributed by atoms with E-state index >= 15 is 0 Å². The zero-order valence-corrected chi connectivity index (χ0v) is 12.5. The van der Waals surface area contributed by atoms with Gasteiger partial charge in [0.05, 0.1) is 6.20 Å². The quantitative estimate of drug-likeness (QED) is 0.828. The number of carbonyl (C=O) groups excluding carboxylic acids is 1. The van der Waals surface area contributed by atoms with Crippen molar-refractivity contribution in [2.45, 2.75) is 26.8 Å². The highest BCUT2D eigenvalue weighted by atomic mass is 16.4. The summed E-state index contributed by atoms with van der Waals surface area (Å²) >= 11 is 0. The summed E-state index contributed by atoms with van der Waals surface area (Å²) in [5.74, 6) is -1.40. The third kappa shape index (κ3) is 4.41. The van der Waals surface area contributed by atoms with E-state index < -0.39 is 5.97 Å². The molecule has 0 bridgehead atoms. The van der Waals surface area contributed by atoms with Crippen LogP contribution >= 0.6 is 0 Å². The predicted octanol–water partition coefficient (Wildman–Crippen LogP) is 0.952. The van der Waals surface area contributed by atoms with Crippen LogP contribution in [-0.4, -0.2) is 38.5 Å². The van der Waals surface area contributed by atoms with Crippen molar-refractivity contribution in [3.8, 4) is 0 Å². The van der Waals surface area contributed by atoms with E-state index in [-0.39, 0.29) is 18.1 Å². The van der Waals surface area contributed by atoms with Crippen molar-refractivity contribution >= 4 is 11.9 Å². The smallest absolute Gasteiger partial charge is 0.358 e. The fourth-order valence-corrected chi connectivity index (χ4v) is 2.24. The van der Waals surface area contributed by atoms with Crippen LogP contribution in [0.2, 0.25) is 0 Å². The lowest BCUT2D eigenvalue weighted by Crippen LogP contribution is -2.29. The number of aromatic carboxylic acids is 1. The second-order valence-corrected chi connectivity index (χ2v) is 5.20. The predicted molar refractivity (Wildman–Crippen MR) is 79.6 cm³/mol. The third-order valence-electron chi connectivity index (χ3n) is 3.08. The number of benzene rings is 1. The summed E-state index contributed by atoms with van der Waals surface area (Å²) in [6.45, 7) is 4.55. The molecule has 0 aliphatic rings. The van der Waals surface area contributed by atoms with E-state index in [1.54, 1.807) is 0 Å². The topological polar surface area (TPSA) is 97.1 Å². The molecule has 0 fully saturated rings. The Morgan fingerprint density at radius 1 is 1.23 bits per heavy atom. The van der Waals surface area contributed by atoms with E-state index in [1.807, 2.05) is 13.8 Å². The number of carbonyl (C=O) groups is 2. The minimum atomic E-state index is -1.17. The number of nitrogens with zero attached hydrogens (tertiary/aromatic N) is 3. The van der Waals surface area contributed by atoms with Crippen molar-refractivity contribution in [2.75, 3.05) is 6.54 Å². The summed E-state index contributed by atoms with van der Waals surface area (Å²) in [4.78, 5) is 22.4. The van der Waals surface area contributed by atoms with E-state index in [0.29, 0.717) is 6.54 Å². The van der Waals surface area contributed by atoms with Crippen LogP contribution in [0.25, 0.3) is 0 Å². The Morgan fingerprint density at radius 2 is 1.91 bits per heavy atom. The minimum absolute atomic E-state index is 0.0485.